The number of rotatable bonds is 12. The number of aliphatic hydroxyl groups excluding tert-OH is 5. The highest BCUT2D eigenvalue weighted by molar-refractivity contribution is 5.80. The van der Waals surface area contributed by atoms with Crippen molar-refractivity contribution >= 4 is 11.8 Å². The first-order valence-corrected chi connectivity index (χ1v) is 17.1. The molecule has 4 rings (SSSR count). The Labute approximate surface area is 280 Å². The number of halogens is 2. The monoisotopic (exact) mass is 696 g/mol. The number of carbonyl (C=O) groups is 2. The summed E-state index contributed by atoms with van der Waals surface area (Å²) < 4.78 is 58.9. The van der Waals surface area contributed by atoms with Gasteiger partial charge in [-0.2, -0.15) is 0 Å². The van der Waals surface area contributed by atoms with Gasteiger partial charge in [-0.25, -0.2) is 8.78 Å². The zero-order valence-electron chi connectivity index (χ0n) is 28.1. The molecule has 4 aliphatic rings. The number of amides is 2. The molecule has 0 aromatic rings. The van der Waals surface area contributed by atoms with Crippen molar-refractivity contribution in [3.05, 3.63) is 0 Å². The maximum absolute atomic E-state index is 14.4. The number of likely N-dealkylation sites (N-methyl/N-ethyl adjacent to an activating group) is 1. The Balaban J connectivity index is 1.62. The van der Waals surface area contributed by atoms with Gasteiger partial charge in [0.1, 0.15) is 48.8 Å². The van der Waals surface area contributed by atoms with Crippen molar-refractivity contribution in [2.75, 3.05) is 20.7 Å². The first-order chi connectivity index (χ1) is 22.7. The van der Waals surface area contributed by atoms with Gasteiger partial charge in [0.2, 0.25) is 12.3 Å². The van der Waals surface area contributed by atoms with E-state index in [0.717, 1.165) is 32.1 Å². The molecule has 2 saturated heterocycles. The van der Waals surface area contributed by atoms with Crippen LogP contribution < -0.4 is 5.32 Å². The second-order valence-electron chi connectivity index (χ2n) is 13.9. The first-order valence-electron chi connectivity index (χ1n) is 17.1. The van der Waals surface area contributed by atoms with Crippen molar-refractivity contribution in [2.45, 2.75) is 158 Å². The number of hydrogen-bond acceptors (Lipinski definition) is 12. The number of aliphatic hydroxyl groups is 5. The van der Waals surface area contributed by atoms with Crippen LogP contribution in [0.15, 0.2) is 0 Å². The lowest BCUT2D eigenvalue weighted by molar-refractivity contribution is -0.340. The molecular formula is C32H54F2N2O12. The van der Waals surface area contributed by atoms with E-state index in [4.69, 9.17) is 23.7 Å². The molecule has 6 N–H and O–H groups in total. The number of nitrogens with one attached hydrogen (secondary N) is 1. The number of alkyl halides is 2. The minimum atomic E-state index is -2.87. The van der Waals surface area contributed by atoms with Crippen molar-refractivity contribution in [2.24, 2.45) is 11.8 Å². The van der Waals surface area contributed by atoms with Crippen LogP contribution in [0, 0.1) is 11.8 Å². The third-order valence-electron chi connectivity index (χ3n) is 10.1. The highest BCUT2D eigenvalue weighted by Crippen LogP contribution is 2.38. The minimum absolute atomic E-state index is 0.0472. The summed E-state index contributed by atoms with van der Waals surface area (Å²) in [7, 11) is 3.17. The summed E-state index contributed by atoms with van der Waals surface area (Å²) in [6, 6.07) is -1.25. The Bertz CT molecular complexity index is 1040. The zero-order chi connectivity index (χ0) is 35.3. The summed E-state index contributed by atoms with van der Waals surface area (Å²) in [5.41, 5.74) is 0. The van der Waals surface area contributed by atoms with Gasteiger partial charge in [0.15, 0.2) is 12.6 Å². The van der Waals surface area contributed by atoms with E-state index >= 15 is 0 Å². The summed E-state index contributed by atoms with van der Waals surface area (Å²) in [6.45, 7) is 1.98. The van der Waals surface area contributed by atoms with E-state index in [1.165, 1.54) is 18.7 Å². The second-order valence-corrected chi connectivity index (χ2v) is 13.9. The van der Waals surface area contributed by atoms with Gasteiger partial charge in [0.05, 0.1) is 24.9 Å². The third-order valence-corrected chi connectivity index (χ3v) is 10.1. The van der Waals surface area contributed by atoms with E-state index in [1.807, 2.05) is 0 Å². The molecule has 278 valence electrons. The topological polar surface area (TPSA) is 197 Å². The van der Waals surface area contributed by atoms with Crippen molar-refractivity contribution < 1.29 is 67.6 Å². The lowest BCUT2D eigenvalue weighted by Crippen LogP contribution is -2.67. The number of hydrogen-bond donors (Lipinski definition) is 6. The minimum Gasteiger partial charge on any atom is -0.394 e. The van der Waals surface area contributed by atoms with Gasteiger partial charge < -0.3 is 59.4 Å². The maximum atomic E-state index is 14.4. The van der Waals surface area contributed by atoms with Crippen molar-refractivity contribution in [3.63, 3.8) is 0 Å². The summed E-state index contributed by atoms with van der Waals surface area (Å²) in [5, 5.41) is 55.2. The third kappa shape index (κ3) is 9.38. The molecular weight excluding hydrogens is 642 g/mol. The maximum Gasteiger partial charge on any atom is 0.251 e. The van der Waals surface area contributed by atoms with Gasteiger partial charge >= 0.3 is 0 Å². The Morgan fingerprint density at radius 2 is 1.56 bits per heavy atom. The predicted molar refractivity (Wildman–Crippen MR) is 163 cm³/mol. The summed E-state index contributed by atoms with van der Waals surface area (Å²) in [6.07, 6.45) is -13.5. The average Bonchev–Trinajstić information content (AvgIpc) is 3.05. The van der Waals surface area contributed by atoms with Crippen molar-refractivity contribution in [1.29, 1.82) is 0 Å². The fourth-order valence-electron chi connectivity index (χ4n) is 7.37. The normalized spacial score (nSPS) is 40.4. The SMILES string of the molecule is CC(=O)N[C@H]1[C@H](OC2CCC[C@H](C(F)F)[C@H]2OC2O[C@@H](C)[C@@H](O)[C@H](O)[C@@H]2O)O[C@H](CO)[C@H](O)[C@@H]1OC(CC1CCCCC1)C(=O)N(C)C. The molecule has 16 heteroatoms. The lowest BCUT2D eigenvalue weighted by atomic mass is 9.84. The summed E-state index contributed by atoms with van der Waals surface area (Å²) in [4.78, 5) is 27.2. The molecule has 0 aromatic heterocycles. The van der Waals surface area contributed by atoms with Gasteiger partial charge in [0.25, 0.3) is 5.91 Å². The molecule has 2 aliphatic heterocycles. The molecule has 2 heterocycles. The second kappa shape index (κ2) is 17.6. The molecule has 14 nitrogen and oxygen atoms in total. The first kappa shape index (κ1) is 39.2. The van der Waals surface area contributed by atoms with Crippen LogP contribution in [0.5, 0.6) is 0 Å². The van der Waals surface area contributed by atoms with Crippen LogP contribution in [0.2, 0.25) is 0 Å². The lowest BCUT2D eigenvalue weighted by Gasteiger charge is -2.48. The molecule has 2 amide bonds. The number of carbonyl (C=O) groups excluding carboxylic acids is 2. The van der Waals surface area contributed by atoms with Gasteiger partial charge in [0, 0.05) is 26.9 Å². The standard InChI is InChI=1S/C32H54F2N2O12/c1-15-23(39)25(41)26(42)32(44-15)48-27-18(29(33)34)11-8-12-19(27)46-31-22(35-16(2)38)28(24(40)21(14-37)47-31)45-20(30(43)36(3)4)13-17-9-6-5-7-10-17/h15,17-29,31-32,37,39-42H,5-14H2,1-4H3,(H,35,38)/t15-,18-,19?,20?,21+,22+,23+,24-,25-,26-,27+,28+,31+,32?/m0/s1. The summed E-state index contributed by atoms with van der Waals surface area (Å²) >= 11 is 0. The van der Waals surface area contributed by atoms with E-state index in [-0.39, 0.29) is 24.7 Å². The Morgan fingerprint density at radius 1 is 0.875 bits per heavy atom. The Morgan fingerprint density at radius 3 is 2.17 bits per heavy atom. The van der Waals surface area contributed by atoms with Crippen LogP contribution >= 0.6 is 0 Å². The molecule has 0 radical (unpaired) electrons. The quantitative estimate of drug-likeness (QED) is 0.161. The highest BCUT2D eigenvalue weighted by atomic mass is 19.3. The molecule has 2 saturated carbocycles. The predicted octanol–water partition coefficient (Wildman–Crippen LogP) is 0.0447. The number of ether oxygens (including phenoxy) is 5. The molecule has 0 spiro atoms. The summed E-state index contributed by atoms with van der Waals surface area (Å²) in [5.74, 6) is -2.07. The van der Waals surface area contributed by atoms with Crippen molar-refractivity contribution in [3.8, 4) is 0 Å². The van der Waals surface area contributed by atoms with Crippen molar-refractivity contribution in [1.82, 2.24) is 10.2 Å². The Hall–Kier alpha value is -1.60. The molecule has 14 atom stereocenters. The molecule has 2 aliphatic carbocycles. The molecule has 48 heavy (non-hydrogen) atoms. The van der Waals surface area contributed by atoms with Crippen LogP contribution in [0.4, 0.5) is 8.78 Å². The smallest absolute Gasteiger partial charge is 0.251 e. The molecule has 3 unspecified atom stereocenters. The van der Waals surface area contributed by atoms with E-state index < -0.39 is 105 Å². The molecule has 0 bridgehead atoms. The van der Waals surface area contributed by atoms with E-state index in [9.17, 15) is 43.9 Å². The number of nitrogens with zero attached hydrogens (tertiary/aromatic N) is 1. The van der Waals surface area contributed by atoms with Crippen LogP contribution in [0.25, 0.3) is 0 Å². The van der Waals surface area contributed by atoms with E-state index in [0.29, 0.717) is 12.8 Å². The van der Waals surface area contributed by atoms with Crippen LogP contribution in [-0.2, 0) is 33.3 Å². The van der Waals surface area contributed by atoms with E-state index in [1.54, 1.807) is 14.1 Å². The molecule has 4 fully saturated rings. The largest absolute Gasteiger partial charge is 0.394 e. The van der Waals surface area contributed by atoms with Crippen LogP contribution in [0.1, 0.15) is 71.6 Å². The average molecular weight is 697 g/mol. The fraction of sp³-hybridized carbons (Fsp3) is 0.938. The van der Waals surface area contributed by atoms with E-state index in [2.05, 4.69) is 5.32 Å². The van der Waals surface area contributed by atoms with Crippen LogP contribution in [0.3, 0.4) is 0 Å². The van der Waals surface area contributed by atoms with Gasteiger partial charge in [-0.15, -0.1) is 0 Å². The highest BCUT2D eigenvalue weighted by Gasteiger charge is 2.52. The van der Waals surface area contributed by atoms with Gasteiger partial charge in [-0.05, 0) is 32.1 Å². The zero-order valence-corrected chi connectivity index (χ0v) is 28.1. The van der Waals surface area contributed by atoms with Gasteiger partial charge in [-0.1, -0.05) is 38.5 Å². The molecule has 0 aromatic carbocycles. The fourth-order valence-corrected chi connectivity index (χ4v) is 7.37. The van der Waals surface area contributed by atoms with Gasteiger partial charge in [-0.3, -0.25) is 9.59 Å². The Kier molecular flexibility index (Phi) is 14.3. The van der Waals surface area contributed by atoms with Crippen LogP contribution in [-0.4, -0.2) is 149 Å².